The van der Waals surface area contributed by atoms with Crippen LogP contribution < -0.4 is 10.1 Å². The third kappa shape index (κ3) is 2.95. The zero-order valence-corrected chi connectivity index (χ0v) is 13.3. The van der Waals surface area contributed by atoms with Crippen LogP contribution in [0.4, 0.5) is 10.1 Å². The monoisotopic (exact) mass is 341 g/mol. The quantitative estimate of drug-likeness (QED) is 0.904. The van der Waals surface area contributed by atoms with E-state index < -0.39 is 0 Å². The number of aromatic nitrogens is 2. The van der Waals surface area contributed by atoms with Gasteiger partial charge in [0.2, 0.25) is 0 Å². The summed E-state index contributed by atoms with van der Waals surface area (Å²) in [5, 5.41) is 7.68. The molecule has 20 heavy (non-hydrogen) atoms. The van der Waals surface area contributed by atoms with Gasteiger partial charge in [0, 0.05) is 13.1 Å². The number of ether oxygens (including phenoxy) is 1. The van der Waals surface area contributed by atoms with Gasteiger partial charge in [0.15, 0.2) is 0 Å². The van der Waals surface area contributed by atoms with Crippen molar-refractivity contribution >= 4 is 21.6 Å². The lowest BCUT2D eigenvalue weighted by molar-refractivity contribution is 0.413. The van der Waals surface area contributed by atoms with Gasteiger partial charge in [-0.25, -0.2) is 4.39 Å². The van der Waals surface area contributed by atoms with Crippen LogP contribution in [-0.2, 0) is 20.0 Å². The first kappa shape index (κ1) is 14.8. The summed E-state index contributed by atoms with van der Waals surface area (Å²) in [6.45, 7) is 2.64. The van der Waals surface area contributed by atoms with Crippen molar-refractivity contribution in [3.63, 3.8) is 0 Å². The van der Waals surface area contributed by atoms with E-state index in [-0.39, 0.29) is 5.82 Å². The number of nitrogens with zero attached hydrogens (tertiary/aromatic N) is 2. The maximum Gasteiger partial charge on any atom is 0.144 e. The molecule has 0 aliphatic carbocycles. The van der Waals surface area contributed by atoms with Crippen LogP contribution in [0.2, 0.25) is 0 Å². The molecule has 2 aromatic rings. The average molecular weight is 342 g/mol. The minimum Gasteiger partial charge on any atom is -0.494 e. The number of anilines is 1. The highest BCUT2D eigenvalue weighted by Crippen LogP contribution is 2.27. The first-order valence-corrected chi connectivity index (χ1v) is 7.13. The van der Waals surface area contributed by atoms with E-state index in [0.29, 0.717) is 12.3 Å². The third-order valence-electron chi connectivity index (χ3n) is 3.11. The number of methoxy groups -OCH3 is 1. The van der Waals surface area contributed by atoms with E-state index in [1.165, 1.54) is 19.2 Å². The molecule has 0 aliphatic heterocycles. The highest BCUT2D eigenvalue weighted by molar-refractivity contribution is 9.10. The van der Waals surface area contributed by atoms with Crippen LogP contribution in [0.1, 0.15) is 18.3 Å². The van der Waals surface area contributed by atoms with Crippen molar-refractivity contribution in [1.82, 2.24) is 9.78 Å². The Bertz CT molecular complexity index is 613. The van der Waals surface area contributed by atoms with Gasteiger partial charge in [0.1, 0.15) is 11.6 Å². The average Bonchev–Trinajstić information content (AvgIpc) is 2.72. The molecule has 1 heterocycles. The molecule has 0 saturated carbocycles. The van der Waals surface area contributed by atoms with Gasteiger partial charge in [-0.3, -0.25) is 4.68 Å². The molecule has 1 aromatic heterocycles. The summed E-state index contributed by atoms with van der Waals surface area (Å²) in [4.78, 5) is 0. The van der Waals surface area contributed by atoms with Crippen LogP contribution in [0, 0.1) is 5.82 Å². The lowest BCUT2D eigenvalue weighted by Crippen LogP contribution is -2.07. The van der Waals surface area contributed by atoms with Crippen molar-refractivity contribution in [3.05, 3.63) is 39.9 Å². The Morgan fingerprint density at radius 2 is 2.20 bits per heavy atom. The summed E-state index contributed by atoms with van der Waals surface area (Å²) >= 11 is 3.57. The van der Waals surface area contributed by atoms with Crippen molar-refractivity contribution in [2.75, 3.05) is 12.4 Å². The zero-order chi connectivity index (χ0) is 14.7. The maximum atomic E-state index is 13.1. The molecule has 1 aromatic carbocycles. The second-order valence-corrected chi connectivity index (χ2v) is 5.18. The second-order valence-electron chi connectivity index (χ2n) is 4.38. The van der Waals surface area contributed by atoms with Crippen LogP contribution in [0.15, 0.2) is 22.7 Å². The fourth-order valence-corrected chi connectivity index (χ4v) is 2.76. The summed E-state index contributed by atoms with van der Waals surface area (Å²) in [5.41, 5.74) is 2.81. The Morgan fingerprint density at radius 1 is 1.45 bits per heavy atom. The minimum absolute atomic E-state index is 0.317. The number of nitrogens with one attached hydrogen (secondary N) is 1. The smallest absolute Gasteiger partial charge is 0.144 e. The zero-order valence-electron chi connectivity index (χ0n) is 11.7. The van der Waals surface area contributed by atoms with Crippen LogP contribution in [0.5, 0.6) is 5.75 Å². The first-order chi connectivity index (χ1) is 9.56. The molecular formula is C14H17BrFN3O. The van der Waals surface area contributed by atoms with Crippen molar-refractivity contribution in [3.8, 4) is 5.75 Å². The summed E-state index contributed by atoms with van der Waals surface area (Å²) in [6.07, 6.45) is 0.869. The van der Waals surface area contributed by atoms with Gasteiger partial charge in [0.25, 0.3) is 0 Å². The highest BCUT2D eigenvalue weighted by Gasteiger charge is 2.13. The number of aryl methyl sites for hydroxylation is 2. The van der Waals surface area contributed by atoms with Crippen molar-refractivity contribution in [1.29, 1.82) is 0 Å². The Hall–Kier alpha value is -1.56. The SMILES string of the molecule is CCc1nn(C)c(CNc2ccc(F)cc2OC)c1Br. The summed E-state index contributed by atoms with van der Waals surface area (Å²) in [5.74, 6) is 0.168. The predicted octanol–water partition coefficient (Wildman–Crippen LogP) is 3.50. The molecular weight excluding hydrogens is 325 g/mol. The predicted molar refractivity (Wildman–Crippen MR) is 80.6 cm³/mol. The lowest BCUT2D eigenvalue weighted by Gasteiger charge is -2.11. The molecule has 1 N–H and O–H groups in total. The van der Waals surface area contributed by atoms with E-state index in [0.717, 1.165) is 28.0 Å². The molecule has 0 radical (unpaired) electrons. The van der Waals surface area contributed by atoms with Crippen molar-refractivity contribution in [2.45, 2.75) is 19.9 Å². The van der Waals surface area contributed by atoms with E-state index in [1.807, 2.05) is 11.7 Å². The molecule has 0 bridgehead atoms. The Balaban J connectivity index is 2.19. The number of benzene rings is 1. The first-order valence-electron chi connectivity index (χ1n) is 6.34. The van der Waals surface area contributed by atoms with Gasteiger partial charge in [-0.15, -0.1) is 0 Å². The fourth-order valence-electron chi connectivity index (χ4n) is 2.00. The van der Waals surface area contributed by atoms with E-state index in [1.54, 1.807) is 6.07 Å². The fraction of sp³-hybridized carbons (Fsp3) is 0.357. The summed E-state index contributed by atoms with van der Waals surface area (Å²) < 4.78 is 21.2. The summed E-state index contributed by atoms with van der Waals surface area (Å²) in [6, 6.07) is 4.43. The highest BCUT2D eigenvalue weighted by atomic mass is 79.9. The molecule has 108 valence electrons. The third-order valence-corrected chi connectivity index (χ3v) is 4.03. The van der Waals surface area contributed by atoms with Gasteiger partial charge in [-0.1, -0.05) is 6.92 Å². The molecule has 0 fully saturated rings. The maximum absolute atomic E-state index is 13.1. The molecule has 0 atom stereocenters. The lowest BCUT2D eigenvalue weighted by atomic mass is 10.2. The van der Waals surface area contributed by atoms with Gasteiger partial charge in [0.05, 0.1) is 35.2 Å². The molecule has 2 rings (SSSR count). The van der Waals surface area contributed by atoms with Crippen molar-refractivity contribution in [2.24, 2.45) is 7.05 Å². The number of rotatable bonds is 5. The van der Waals surface area contributed by atoms with Crippen LogP contribution in [0.25, 0.3) is 0 Å². The second kappa shape index (κ2) is 6.26. The Labute approximate surface area is 126 Å². The number of hydrogen-bond acceptors (Lipinski definition) is 3. The van der Waals surface area contributed by atoms with Gasteiger partial charge in [-0.2, -0.15) is 5.10 Å². The number of halogens is 2. The molecule has 0 spiro atoms. The van der Waals surface area contributed by atoms with Crippen LogP contribution in [0.3, 0.4) is 0 Å². The van der Waals surface area contributed by atoms with Gasteiger partial charge >= 0.3 is 0 Å². The van der Waals surface area contributed by atoms with Gasteiger partial charge < -0.3 is 10.1 Å². The Morgan fingerprint density at radius 3 is 2.80 bits per heavy atom. The minimum atomic E-state index is -0.317. The van der Waals surface area contributed by atoms with E-state index in [2.05, 4.69) is 33.3 Å². The van der Waals surface area contributed by atoms with Crippen LogP contribution >= 0.6 is 15.9 Å². The summed E-state index contributed by atoms with van der Waals surface area (Å²) in [7, 11) is 3.43. The van der Waals surface area contributed by atoms with Gasteiger partial charge in [-0.05, 0) is 34.5 Å². The molecule has 6 heteroatoms. The van der Waals surface area contributed by atoms with E-state index in [9.17, 15) is 4.39 Å². The van der Waals surface area contributed by atoms with E-state index in [4.69, 9.17) is 4.74 Å². The number of hydrogen-bond donors (Lipinski definition) is 1. The Kier molecular flexibility index (Phi) is 4.65. The molecule has 0 unspecified atom stereocenters. The molecule has 0 saturated heterocycles. The molecule has 0 aliphatic rings. The molecule has 0 amide bonds. The van der Waals surface area contributed by atoms with E-state index >= 15 is 0 Å². The van der Waals surface area contributed by atoms with Crippen LogP contribution in [-0.4, -0.2) is 16.9 Å². The topological polar surface area (TPSA) is 39.1 Å². The van der Waals surface area contributed by atoms with Crippen molar-refractivity contribution < 1.29 is 9.13 Å². The molecule has 4 nitrogen and oxygen atoms in total. The standard InChI is InChI=1S/C14H17BrFN3O/c1-4-10-14(15)12(19(2)18-10)8-17-11-6-5-9(16)7-13(11)20-3/h5-7,17H,4,8H2,1-3H3. The largest absolute Gasteiger partial charge is 0.494 e. The normalized spacial score (nSPS) is 10.7.